The molecule has 1 aromatic rings. The van der Waals surface area contributed by atoms with Gasteiger partial charge >= 0.3 is 0 Å². The fraction of sp³-hybridized carbons (Fsp3) is 0.400. The van der Waals surface area contributed by atoms with Crippen molar-refractivity contribution in [1.29, 1.82) is 0 Å². The summed E-state index contributed by atoms with van der Waals surface area (Å²) in [5.41, 5.74) is 7.06. The summed E-state index contributed by atoms with van der Waals surface area (Å²) >= 11 is 0. The monoisotopic (exact) mass is 181 g/mol. The van der Waals surface area contributed by atoms with Crippen LogP contribution in [0.3, 0.4) is 0 Å². The lowest BCUT2D eigenvalue weighted by Gasteiger charge is -2.20. The highest BCUT2D eigenvalue weighted by Gasteiger charge is 2.20. The van der Waals surface area contributed by atoms with Crippen molar-refractivity contribution < 1.29 is 9.13 Å². The van der Waals surface area contributed by atoms with E-state index >= 15 is 0 Å². The van der Waals surface area contributed by atoms with Crippen molar-refractivity contribution in [3.8, 4) is 5.75 Å². The Labute approximate surface area is 76.5 Å². The zero-order valence-electron chi connectivity index (χ0n) is 7.29. The fourth-order valence-corrected chi connectivity index (χ4v) is 1.53. The molecule has 0 saturated heterocycles. The third-order valence-corrected chi connectivity index (χ3v) is 2.28. The molecule has 1 aliphatic heterocycles. The molecule has 1 aromatic carbocycles. The lowest BCUT2D eigenvalue weighted by Crippen LogP contribution is -2.12. The quantitative estimate of drug-likeness (QED) is 0.718. The highest BCUT2D eigenvalue weighted by molar-refractivity contribution is 5.40. The van der Waals surface area contributed by atoms with Crippen molar-refractivity contribution >= 4 is 0 Å². The Morgan fingerprint density at radius 2 is 2.38 bits per heavy atom. The third kappa shape index (κ3) is 1.52. The summed E-state index contributed by atoms with van der Waals surface area (Å²) in [6.45, 7) is 0.913. The highest BCUT2D eigenvalue weighted by atomic mass is 19.1. The summed E-state index contributed by atoms with van der Waals surface area (Å²) in [5.74, 6) is 0.663. The predicted molar refractivity (Wildman–Crippen MR) is 48.3 cm³/mol. The molecule has 0 spiro atoms. The van der Waals surface area contributed by atoms with Crippen LogP contribution in [0.15, 0.2) is 18.2 Å². The van der Waals surface area contributed by atoms with Crippen LogP contribution in [0.5, 0.6) is 5.75 Å². The van der Waals surface area contributed by atoms with Crippen LogP contribution in [0.2, 0.25) is 0 Å². The summed E-state index contributed by atoms with van der Waals surface area (Å²) < 4.78 is 18.7. The van der Waals surface area contributed by atoms with E-state index in [-0.39, 0.29) is 0 Å². The van der Waals surface area contributed by atoms with Gasteiger partial charge in [0, 0.05) is 18.5 Å². The molecule has 2 N–H and O–H groups in total. The standard InChI is InChI=1S/C10H12FNO/c11-9-3-4-13-10-2-1-7(6-12)5-8(9)10/h1-2,5,9H,3-4,6,12H2. The maximum atomic E-state index is 13.4. The molecule has 0 saturated carbocycles. The molecular formula is C10H12FNO. The van der Waals surface area contributed by atoms with Gasteiger partial charge in [0.25, 0.3) is 0 Å². The van der Waals surface area contributed by atoms with E-state index in [1.807, 2.05) is 6.07 Å². The second kappa shape index (κ2) is 3.34. The van der Waals surface area contributed by atoms with E-state index in [2.05, 4.69) is 0 Å². The molecule has 0 bridgehead atoms. The van der Waals surface area contributed by atoms with E-state index in [0.29, 0.717) is 30.9 Å². The Morgan fingerprint density at radius 3 is 3.15 bits per heavy atom. The van der Waals surface area contributed by atoms with Crippen LogP contribution >= 0.6 is 0 Å². The molecule has 2 nitrogen and oxygen atoms in total. The molecule has 1 heterocycles. The first kappa shape index (κ1) is 8.51. The number of benzene rings is 1. The van der Waals surface area contributed by atoms with E-state index < -0.39 is 6.17 Å². The summed E-state index contributed by atoms with van der Waals surface area (Å²) in [6.07, 6.45) is -0.448. The van der Waals surface area contributed by atoms with Crippen LogP contribution < -0.4 is 10.5 Å². The highest BCUT2D eigenvalue weighted by Crippen LogP contribution is 2.34. The molecule has 0 fully saturated rings. The van der Waals surface area contributed by atoms with Crippen molar-refractivity contribution in [3.05, 3.63) is 29.3 Å². The minimum absolute atomic E-state index is 0.444. The number of fused-ring (bicyclic) bond motifs is 1. The first-order chi connectivity index (χ1) is 6.31. The van der Waals surface area contributed by atoms with E-state index in [9.17, 15) is 4.39 Å². The molecule has 3 heteroatoms. The molecule has 0 aliphatic carbocycles. The zero-order chi connectivity index (χ0) is 9.26. The largest absolute Gasteiger partial charge is 0.493 e. The van der Waals surface area contributed by atoms with Gasteiger partial charge < -0.3 is 10.5 Å². The van der Waals surface area contributed by atoms with Crippen molar-refractivity contribution in [3.63, 3.8) is 0 Å². The van der Waals surface area contributed by atoms with Gasteiger partial charge in [0.1, 0.15) is 11.9 Å². The number of rotatable bonds is 1. The number of nitrogens with two attached hydrogens (primary N) is 1. The Bertz CT molecular complexity index is 314. The van der Waals surface area contributed by atoms with Gasteiger partial charge in [0.05, 0.1) is 6.61 Å². The van der Waals surface area contributed by atoms with Crippen molar-refractivity contribution in [2.75, 3.05) is 6.61 Å². The average molecular weight is 181 g/mol. The first-order valence-electron chi connectivity index (χ1n) is 4.41. The van der Waals surface area contributed by atoms with Crippen LogP contribution in [-0.2, 0) is 6.54 Å². The number of hydrogen-bond acceptors (Lipinski definition) is 2. The molecule has 1 atom stereocenters. The molecule has 0 amide bonds. The SMILES string of the molecule is NCc1ccc2c(c1)C(F)CCO2. The van der Waals surface area contributed by atoms with Crippen LogP contribution in [-0.4, -0.2) is 6.61 Å². The van der Waals surface area contributed by atoms with Crippen LogP contribution in [0.4, 0.5) is 4.39 Å². The van der Waals surface area contributed by atoms with E-state index in [0.717, 1.165) is 5.56 Å². The predicted octanol–water partition coefficient (Wildman–Crippen LogP) is 1.94. The van der Waals surface area contributed by atoms with Crippen molar-refractivity contribution in [1.82, 2.24) is 0 Å². The van der Waals surface area contributed by atoms with E-state index in [4.69, 9.17) is 10.5 Å². The second-order valence-electron chi connectivity index (χ2n) is 3.18. The number of halogens is 1. The first-order valence-corrected chi connectivity index (χ1v) is 4.41. The maximum Gasteiger partial charge on any atom is 0.132 e. The summed E-state index contributed by atoms with van der Waals surface area (Å²) in [5, 5.41) is 0. The minimum atomic E-state index is -0.893. The molecular weight excluding hydrogens is 169 g/mol. The number of hydrogen-bond donors (Lipinski definition) is 1. The Kier molecular flexibility index (Phi) is 2.19. The normalized spacial score (nSPS) is 20.6. The van der Waals surface area contributed by atoms with Gasteiger partial charge in [0.2, 0.25) is 0 Å². The van der Waals surface area contributed by atoms with Gasteiger partial charge in [-0.2, -0.15) is 0 Å². The minimum Gasteiger partial charge on any atom is -0.493 e. The Balaban J connectivity index is 2.41. The van der Waals surface area contributed by atoms with E-state index in [1.165, 1.54) is 0 Å². The van der Waals surface area contributed by atoms with Gasteiger partial charge in [-0.3, -0.25) is 0 Å². The van der Waals surface area contributed by atoms with Crippen LogP contribution in [0, 0.1) is 0 Å². The smallest absolute Gasteiger partial charge is 0.132 e. The third-order valence-electron chi connectivity index (χ3n) is 2.28. The van der Waals surface area contributed by atoms with Gasteiger partial charge in [-0.25, -0.2) is 4.39 Å². The maximum absolute atomic E-state index is 13.4. The molecule has 1 unspecified atom stereocenters. The molecule has 13 heavy (non-hydrogen) atoms. The zero-order valence-corrected chi connectivity index (χ0v) is 7.29. The van der Waals surface area contributed by atoms with Crippen LogP contribution in [0.1, 0.15) is 23.7 Å². The second-order valence-corrected chi connectivity index (χ2v) is 3.18. The lowest BCUT2D eigenvalue weighted by atomic mass is 10.0. The number of ether oxygens (including phenoxy) is 1. The molecule has 0 radical (unpaired) electrons. The summed E-state index contributed by atoms with van der Waals surface area (Å²) in [6, 6.07) is 5.46. The summed E-state index contributed by atoms with van der Waals surface area (Å²) in [4.78, 5) is 0. The van der Waals surface area contributed by atoms with Gasteiger partial charge in [-0.1, -0.05) is 6.07 Å². The van der Waals surface area contributed by atoms with Gasteiger partial charge in [0.15, 0.2) is 0 Å². The summed E-state index contributed by atoms with van der Waals surface area (Å²) in [7, 11) is 0. The molecule has 1 aliphatic rings. The molecule has 0 aromatic heterocycles. The Hall–Kier alpha value is -1.09. The Morgan fingerprint density at radius 1 is 1.54 bits per heavy atom. The van der Waals surface area contributed by atoms with Crippen LogP contribution in [0.25, 0.3) is 0 Å². The van der Waals surface area contributed by atoms with Crippen molar-refractivity contribution in [2.24, 2.45) is 5.73 Å². The molecule has 70 valence electrons. The van der Waals surface area contributed by atoms with E-state index in [1.54, 1.807) is 12.1 Å². The van der Waals surface area contributed by atoms with Gasteiger partial charge in [-0.15, -0.1) is 0 Å². The van der Waals surface area contributed by atoms with Gasteiger partial charge in [-0.05, 0) is 17.7 Å². The van der Waals surface area contributed by atoms with Crippen molar-refractivity contribution in [2.45, 2.75) is 19.1 Å². The topological polar surface area (TPSA) is 35.2 Å². The lowest BCUT2D eigenvalue weighted by molar-refractivity contribution is 0.200. The average Bonchev–Trinajstić information content (AvgIpc) is 2.18. The molecule has 2 rings (SSSR count). The fourth-order valence-electron chi connectivity index (χ4n) is 1.53. The number of alkyl halides is 1.